The highest BCUT2D eigenvalue weighted by atomic mass is 35.5. The summed E-state index contributed by atoms with van der Waals surface area (Å²) in [6, 6.07) is 16.4. The number of phenolic OH excluding ortho intramolecular Hbond substituents is 1. The van der Waals surface area contributed by atoms with Gasteiger partial charge in [-0.25, -0.2) is 4.98 Å². The Bertz CT molecular complexity index is 1220. The van der Waals surface area contributed by atoms with Crippen molar-refractivity contribution in [2.24, 2.45) is 4.99 Å². The molecular formula is C22H16Cl2N2O2S2. The number of nitrogens with zero attached hydrogens (tertiary/aromatic N) is 2. The van der Waals surface area contributed by atoms with Gasteiger partial charge >= 0.3 is 0 Å². The number of aliphatic imine (C=N–C) groups is 1. The molecule has 0 saturated carbocycles. The SMILES string of the molecule is COc1ccc(O)c(C=Nc2ccc3nc(SCc4c(Cl)cccc4Cl)sc3c2)c1. The van der Waals surface area contributed by atoms with Crippen LogP contribution in [0.15, 0.2) is 63.9 Å². The topological polar surface area (TPSA) is 54.7 Å². The summed E-state index contributed by atoms with van der Waals surface area (Å²) >= 11 is 15.7. The van der Waals surface area contributed by atoms with Crippen LogP contribution in [0.1, 0.15) is 11.1 Å². The molecule has 0 amide bonds. The van der Waals surface area contributed by atoms with Gasteiger partial charge in [-0.05, 0) is 54.1 Å². The fraction of sp³-hybridized carbons (Fsp3) is 0.0909. The first-order valence-corrected chi connectivity index (χ1v) is 11.5. The van der Waals surface area contributed by atoms with E-state index in [-0.39, 0.29) is 5.75 Å². The summed E-state index contributed by atoms with van der Waals surface area (Å²) in [5.74, 6) is 1.46. The number of hydrogen-bond donors (Lipinski definition) is 1. The molecule has 0 aliphatic heterocycles. The molecule has 0 saturated heterocycles. The van der Waals surface area contributed by atoms with E-state index in [0.717, 1.165) is 25.8 Å². The number of aromatic hydroxyl groups is 1. The number of halogens is 2. The van der Waals surface area contributed by atoms with Crippen LogP contribution in [0.2, 0.25) is 10.0 Å². The number of methoxy groups -OCH3 is 1. The van der Waals surface area contributed by atoms with E-state index in [1.807, 2.05) is 36.4 Å². The molecule has 3 aromatic carbocycles. The van der Waals surface area contributed by atoms with E-state index in [9.17, 15) is 5.11 Å². The molecule has 1 N–H and O–H groups in total. The minimum absolute atomic E-state index is 0.148. The molecule has 0 bridgehead atoms. The van der Waals surface area contributed by atoms with E-state index in [2.05, 4.69) is 9.98 Å². The van der Waals surface area contributed by atoms with Gasteiger partial charge in [0.25, 0.3) is 0 Å². The Labute approximate surface area is 192 Å². The van der Waals surface area contributed by atoms with Gasteiger partial charge in [0.1, 0.15) is 11.5 Å². The standard InChI is InChI=1S/C22H16Cl2N2O2S2/c1-28-15-6-8-20(27)13(9-15)11-25-14-5-7-19-21(10-14)30-22(26-19)29-12-16-17(23)3-2-4-18(16)24/h2-11,27H,12H2,1H3. The van der Waals surface area contributed by atoms with Gasteiger partial charge in [0.15, 0.2) is 4.34 Å². The van der Waals surface area contributed by atoms with Gasteiger partial charge < -0.3 is 9.84 Å². The molecule has 8 heteroatoms. The second-order valence-corrected chi connectivity index (χ2v) is 9.37. The van der Waals surface area contributed by atoms with Crippen molar-refractivity contribution in [3.8, 4) is 11.5 Å². The van der Waals surface area contributed by atoms with Crippen molar-refractivity contribution < 1.29 is 9.84 Å². The summed E-state index contributed by atoms with van der Waals surface area (Å²) in [7, 11) is 1.58. The van der Waals surface area contributed by atoms with Gasteiger partial charge in [-0.2, -0.15) is 0 Å². The minimum atomic E-state index is 0.148. The lowest BCUT2D eigenvalue weighted by molar-refractivity contribution is 0.412. The lowest BCUT2D eigenvalue weighted by Gasteiger charge is -2.04. The number of rotatable bonds is 6. The fourth-order valence-corrected chi connectivity index (χ4v) is 5.59. The summed E-state index contributed by atoms with van der Waals surface area (Å²) in [4.78, 5) is 9.16. The maximum absolute atomic E-state index is 10.00. The average Bonchev–Trinajstić information content (AvgIpc) is 3.15. The van der Waals surface area contributed by atoms with Gasteiger partial charge in [0, 0.05) is 27.6 Å². The second kappa shape index (κ2) is 9.27. The molecule has 4 aromatic rings. The van der Waals surface area contributed by atoms with Crippen LogP contribution in [0, 0.1) is 0 Å². The number of thioether (sulfide) groups is 1. The van der Waals surface area contributed by atoms with Crippen LogP contribution in [0.25, 0.3) is 10.2 Å². The normalized spacial score (nSPS) is 11.4. The van der Waals surface area contributed by atoms with E-state index in [1.54, 1.807) is 54.6 Å². The smallest absolute Gasteiger partial charge is 0.151 e. The summed E-state index contributed by atoms with van der Waals surface area (Å²) in [6.45, 7) is 0. The molecule has 0 radical (unpaired) electrons. The molecule has 0 atom stereocenters. The number of fused-ring (bicyclic) bond motifs is 1. The Hall–Kier alpha value is -2.25. The van der Waals surface area contributed by atoms with Crippen molar-refractivity contribution in [3.05, 3.63) is 75.8 Å². The molecule has 1 heterocycles. The minimum Gasteiger partial charge on any atom is -0.507 e. The summed E-state index contributed by atoms with van der Waals surface area (Å²) in [6.07, 6.45) is 1.62. The van der Waals surface area contributed by atoms with Crippen LogP contribution in [-0.4, -0.2) is 23.4 Å². The first-order valence-electron chi connectivity index (χ1n) is 8.91. The van der Waals surface area contributed by atoms with Gasteiger partial charge in [-0.1, -0.05) is 41.0 Å². The molecule has 0 spiro atoms. The quantitative estimate of drug-likeness (QED) is 0.234. The molecule has 4 nitrogen and oxygen atoms in total. The summed E-state index contributed by atoms with van der Waals surface area (Å²) in [5.41, 5.74) is 3.19. The predicted molar refractivity (Wildman–Crippen MR) is 128 cm³/mol. The molecule has 0 unspecified atom stereocenters. The Morgan fingerprint density at radius 1 is 1.13 bits per heavy atom. The lowest BCUT2D eigenvalue weighted by Crippen LogP contribution is -1.87. The number of phenols is 1. The molecule has 0 aliphatic rings. The van der Waals surface area contributed by atoms with Crippen LogP contribution in [0.4, 0.5) is 5.69 Å². The van der Waals surface area contributed by atoms with Crippen LogP contribution < -0.4 is 4.74 Å². The largest absolute Gasteiger partial charge is 0.507 e. The molecule has 1 aromatic heterocycles. The van der Waals surface area contributed by atoms with Crippen LogP contribution in [0.3, 0.4) is 0 Å². The fourth-order valence-electron chi connectivity index (χ4n) is 2.75. The van der Waals surface area contributed by atoms with Crippen molar-refractivity contribution in [3.63, 3.8) is 0 Å². The zero-order valence-corrected chi connectivity index (χ0v) is 18.9. The van der Waals surface area contributed by atoms with Crippen LogP contribution in [-0.2, 0) is 5.75 Å². The Kier molecular flexibility index (Phi) is 6.49. The number of thiazole rings is 1. The van der Waals surface area contributed by atoms with Gasteiger partial charge in [-0.3, -0.25) is 4.99 Å². The Morgan fingerprint density at radius 3 is 2.70 bits per heavy atom. The maximum Gasteiger partial charge on any atom is 0.151 e. The lowest BCUT2D eigenvalue weighted by atomic mass is 10.2. The third kappa shape index (κ3) is 4.73. The highest BCUT2D eigenvalue weighted by Gasteiger charge is 2.10. The molecule has 4 rings (SSSR count). The zero-order chi connectivity index (χ0) is 21.1. The Morgan fingerprint density at radius 2 is 1.93 bits per heavy atom. The van der Waals surface area contributed by atoms with Crippen LogP contribution >= 0.6 is 46.3 Å². The molecular weight excluding hydrogens is 459 g/mol. The van der Waals surface area contributed by atoms with E-state index < -0.39 is 0 Å². The molecule has 152 valence electrons. The first kappa shape index (κ1) is 21.0. The summed E-state index contributed by atoms with van der Waals surface area (Å²) in [5, 5.41) is 11.3. The van der Waals surface area contributed by atoms with E-state index in [1.165, 1.54) is 0 Å². The monoisotopic (exact) mass is 474 g/mol. The third-order valence-electron chi connectivity index (χ3n) is 4.34. The van der Waals surface area contributed by atoms with Crippen molar-refractivity contribution in [1.82, 2.24) is 4.98 Å². The third-order valence-corrected chi connectivity index (χ3v) is 7.24. The number of hydrogen-bond acceptors (Lipinski definition) is 6. The van der Waals surface area contributed by atoms with E-state index >= 15 is 0 Å². The first-order chi connectivity index (χ1) is 14.5. The molecule has 0 aliphatic carbocycles. The van der Waals surface area contributed by atoms with Crippen molar-refractivity contribution in [2.75, 3.05) is 7.11 Å². The zero-order valence-electron chi connectivity index (χ0n) is 15.8. The maximum atomic E-state index is 10.00. The Balaban J connectivity index is 1.53. The van der Waals surface area contributed by atoms with Gasteiger partial charge in [-0.15, -0.1) is 11.3 Å². The van der Waals surface area contributed by atoms with Gasteiger partial charge in [0.2, 0.25) is 0 Å². The van der Waals surface area contributed by atoms with Crippen molar-refractivity contribution in [1.29, 1.82) is 0 Å². The highest BCUT2D eigenvalue weighted by molar-refractivity contribution is 8.00. The number of aromatic nitrogens is 1. The second-order valence-electron chi connectivity index (χ2n) is 6.30. The van der Waals surface area contributed by atoms with Crippen molar-refractivity contribution >= 4 is 68.4 Å². The van der Waals surface area contributed by atoms with E-state index in [0.29, 0.717) is 27.1 Å². The number of ether oxygens (including phenoxy) is 1. The van der Waals surface area contributed by atoms with Crippen molar-refractivity contribution in [2.45, 2.75) is 10.1 Å². The molecule has 0 fully saturated rings. The average molecular weight is 475 g/mol. The molecule has 30 heavy (non-hydrogen) atoms. The number of benzene rings is 3. The van der Waals surface area contributed by atoms with Gasteiger partial charge in [0.05, 0.1) is 23.0 Å². The summed E-state index contributed by atoms with van der Waals surface area (Å²) < 4.78 is 7.17. The van der Waals surface area contributed by atoms with Crippen LogP contribution in [0.5, 0.6) is 11.5 Å². The highest BCUT2D eigenvalue weighted by Crippen LogP contribution is 2.36. The predicted octanol–water partition coefficient (Wildman–Crippen LogP) is 7.36. The van der Waals surface area contributed by atoms with E-state index in [4.69, 9.17) is 27.9 Å².